The molecule has 10 rings (SSSR count). The number of nitrogens with two attached hydrogens (primary N) is 1. The fourth-order valence-corrected chi connectivity index (χ4v) is 9.43. The Morgan fingerprint density at radius 2 is 1.36 bits per heavy atom. The third-order valence-electron chi connectivity index (χ3n) is 12.5. The maximum Gasteiger partial charge on any atom is 0.259 e. The monoisotopic (exact) mass is 988 g/mol. The van der Waals surface area contributed by atoms with Crippen LogP contribution in [0.1, 0.15) is 51.4 Å². The Balaban J connectivity index is 0.000000178. The van der Waals surface area contributed by atoms with Crippen molar-refractivity contribution in [3.63, 3.8) is 0 Å². The number of primary amides is 1. The molecule has 6 aliphatic heterocycles. The van der Waals surface area contributed by atoms with Gasteiger partial charge in [0.05, 0.1) is 63.9 Å². The van der Waals surface area contributed by atoms with Crippen LogP contribution in [0, 0.1) is 0 Å². The maximum absolute atomic E-state index is 12.8. The summed E-state index contributed by atoms with van der Waals surface area (Å²) in [6.45, 7) is 12.1. The van der Waals surface area contributed by atoms with Crippen LogP contribution in [0.5, 0.6) is 23.0 Å². The van der Waals surface area contributed by atoms with Crippen LogP contribution in [-0.4, -0.2) is 206 Å². The van der Waals surface area contributed by atoms with Gasteiger partial charge in [0.25, 0.3) is 11.8 Å². The lowest BCUT2D eigenvalue weighted by Crippen LogP contribution is -2.48. The molecule has 380 valence electrons. The van der Waals surface area contributed by atoms with Crippen LogP contribution in [0.25, 0.3) is 0 Å². The number of β-amino-alcohol motifs (C(OH)–C–C–N with tert-alkyl or cyclic N) is 2. The molecule has 6 aliphatic rings. The van der Waals surface area contributed by atoms with E-state index >= 15 is 0 Å². The Kier molecular flexibility index (Phi) is 15.6. The number of aliphatic hydroxyl groups excluding tert-OH is 2. The summed E-state index contributed by atoms with van der Waals surface area (Å²) < 4.78 is 34.5. The van der Waals surface area contributed by atoms with Gasteiger partial charge in [0, 0.05) is 82.1 Å². The number of carbonyl (C=O) groups excluding carboxylic acids is 2. The van der Waals surface area contributed by atoms with Gasteiger partial charge in [0.15, 0.2) is 28.8 Å². The van der Waals surface area contributed by atoms with Crippen LogP contribution in [0.2, 0.25) is 0 Å². The fourth-order valence-electron chi connectivity index (χ4n) is 9.43. The second kappa shape index (κ2) is 22.6. The minimum atomic E-state index is -0.696. The molecular formula is C50H60N12O10. The molecule has 0 bridgehead atoms. The Morgan fingerprint density at radius 1 is 0.764 bits per heavy atom. The molecule has 2 amide bonds. The fraction of sp³-hybridized carbons (Fsp3) is 0.440. The maximum atomic E-state index is 12.8. The van der Waals surface area contributed by atoms with Gasteiger partial charge in [-0.15, -0.1) is 0 Å². The lowest BCUT2D eigenvalue weighted by atomic mass is 10.0. The average molecular weight is 989 g/mol. The van der Waals surface area contributed by atoms with Crippen LogP contribution >= 0.6 is 0 Å². The van der Waals surface area contributed by atoms with Gasteiger partial charge in [0.2, 0.25) is 5.96 Å². The van der Waals surface area contributed by atoms with Crippen LogP contribution in [0.15, 0.2) is 87.1 Å². The first kappa shape index (κ1) is 49.9. The van der Waals surface area contributed by atoms with E-state index < -0.39 is 18.1 Å². The van der Waals surface area contributed by atoms with Gasteiger partial charge in [-0.3, -0.25) is 49.6 Å². The number of morpholine rings is 2. The van der Waals surface area contributed by atoms with Crippen molar-refractivity contribution in [1.82, 2.24) is 34.9 Å². The van der Waals surface area contributed by atoms with Gasteiger partial charge in [0.1, 0.15) is 54.2 Å². The van der Waals surface area contributed by atoms with Crippen molar-refractivity contribution in [1.29, 1.82) is 0 Å². The first-order chi connectivity index (χ1) is 35.0. The Hall–Kier alpha value is -7.08. The molecule has 8 heterocycles. The number of hydrogen-bond donors (Lipinski definition) is 4. The van der Waals surface area contributed by atoms with Crippen molar-refractivity contribution in [3.05, 3.63) is 95.1 Å². The first-order valence-corrected chi connectivity index (χ1v) is 24.0. The zero-order valence-electron chi connectivity index (χ0n) is 40.8. The number of rotatable bonds is 15. The minimum absolute atomic E-state index is 0.0883. The number of hydrogen-bond acceptors (Lipinski definition) is 20. The van der Waals surface area contributed by atoms with Gasteiger partial charge in [-0.1, -0.05) is 0 Å². The molecule has 5 N–H and O–H groups in total. The topological polar surface area (TPSA) is 256 Å². The number of ether oxygens (including phenoxy) is 6. The van der Waals surface area contributed by atoms with E-state index in [-0.39, 0.29) is 36.9 Å². The second-order valence-electron chi connectivity index (χ2n) is 17.8. The van der Waals surface area contributed by atoms with Gasteiger partial charge in [-0.05, 0) is 62.4 Å². The number of amides is 2. The summed E-state index contributed by atoms with van der Waals surface area (Å²) >= 11 is 0. The first-order valence-electron chi connectivity index (χ1n) is 24.0. The van der Waals surface area contributed by atoms with E-state index in [1.54, 1.807) is 63.0 Å². The van der Waals surface area contributed by atoms with Crippen molar-refractivity contribution in [2.24, 2.45) is 25.7 Å². The number of nitrogens with one attached hydrogen (secondary N) is 1. The number of nitrogens with zero attached hydrogens (tertiary/aromatic N) is 10. The summed E-state index contributed by atoms with van der Waals surface area (Å²) in [6, 6.07) is 14.0. The number of fused-ring (bicyclic) bond motifs is 6. The number of aromatic nitrogens is 2. The number of aliphatic imine (C=N–C) groups is 4. The van der Waals surface area contributed by atoms with Gasteiger partial charge in [-0.2, -0.15) is 0 Å². The number of methoxy groups -OCH3 is 2. The van der Waals surface area contributed by atoms with E-state index in [0.717, 1.165) is 43.1 Å². The molecule has 22 nitrogen and oxygen atoms in total. The van der Waals surface area contributed by atoms with E-state index in [9.17, 15) is 19.8 Å². The summed E-state index contributed by atoms with van der Waals surface area (Å²) in [5, 5.41) is 24.0. The van der Waals surface area contributed by atoms with Crippen molar-refractivity contribution in [2.75, 3.05) is 106 Å². The Labute approximate surface area is 416 Å². The summed E-state index contributed by atoms with van der Waals surface area (Å²) in [4.78, 5) is 60.3. The van der Waals surface area contributed by atoms with E-state index in [4.69, 9.17) is 44.1 Å². The molecule has 0 radical (unpaired) electrons. The van der Waals surface area contributed by atoms with Crippen LogP contribution in [0.4, 0.5) is 11.4 Å². The molecule has 72 heavy (non-hydrogen) atoms. The molecule has 4 aromatic rings. The zero-order valence-corrected chi connectivity index (χ0v) is 40.8. The van der Waals surface area contributed by atoms with Crippen molar-refractivity contribution in [3.8, 4) is 23.0 Å². The van der Waals surface area contributed by atoms with E-state index in [2.05, 4.69) is 35.1 Å². The standard InChI is InChI=1S/C26H32N6O5.C24H28N6O5/c1-15-11-31(12-16(2)37-15)13-17(33)14-36-20-7-6-19-21(23(20)35-3)30-26(32-10-9-29-25(19)32)22-18(24(27)34)5-4-8-28-22;1-33-21-19(35-15-17(31)14-29-9-11-34-12-10-29)5-4-18-20(21)27-24(30-8-7-26-22(18)30)28-23(32)16-3-2-6-25-13-16/h4-8,15-17,33H,9-14H2,1-3H3,(H2,27,34);2-6,13,17,31H,7-12,14-15H2,1H3,(H,27,28,32)/t15-,16+,17-;17-/m11/s1. The normalized spacial score (nSPS) is 20.1. The highest BCUT2D eigenvalue weighted by Crippen LogP contribution is 2.45. The molecule has 22 heteroatoms. The summed E-state index contributed by atoms with van der Waals surface area (Å²) in [5.41, 5.74) is 9.34. The van der Waals surface area contributed by atoms with Gasteiger partial charge >= 0.3 is 0 Å². The molecule has 2 aromatic heterocycles. The average Bonchev–Trinajstić information content (AvgIpc) is 4.09. The zero-order chi connectivity index (χ0) is 50.3. The third kappa shape index (κ3) is 11.0. The largest absolute Gasteiger partial charge is 0.491 e. The van der Waals surface area contributed by atoms with Gasteiger partial charge in [-0.25, -0.2) is 9.98 Å². The quantitative estimate of drug-likeness (QED) is 0.133. The molecule has 0 aliphatic carbocycles. The number of amidine groups is 3. The van der Waals surface area contributed by atoms with Crippen LogP contribution in [-0.2, 0) is 9.47 Å². The van der Waals surface area contributed by atoms with E-state index in [1.807, 2.05) is 35.8 Å². The Morgan fingerprint density at radius 3 is 1.97 bits per heavy atom. The highest BCUT2D eigenvalue weighted by molar-refractivity contribution is 6.23. The SMILES string of the molecule is COc1c(OC[C@H](O)CN2CCOCC2)ccc2c1N=C(NC(=O)c1cccnc1)N1CCN=C21.COc1c(OC[C@H](O)CN2C[C@@H](C)O[C@@H](C)C2)ccc2c1N=C(c1ncccc1C(N)=O)N1CCN=C21. The van der Waals surface area contributed by atoms with Crippen LogP contribution < -0.4 is 30.0 Å². The van der Waals surface area contributed by atoms with Crippen LogP contribution in [0.3, 0.4) is 0 Å². The van der Waals surface area contributed by atoms with Crippen molar-refractivity contribution in [2.45, 2.75) is 38.3 Å². The van der Waals surface area contributed by atoms with Crippen molar-refractivity contribution >= 4 is 46.7 Å². The Bertz CT molecular complexity index is 2740. The molecule has 2 aromatic carbocycles. The summed E-state index contributed by atoms with van der Waals surface area (Å²) in [6.07, 6.45) is 3.59. The molecule has 2 saturated heterocycles. The number of carbonyl (C=O) groups is 2. The predicted octanol–water partition coefficient (Wildman–Crippen LogP) is 1.85. The lowest BCUT2D eigenvalue weighted by molar-refractivity contribution is -0.0787. The molecule has 0 saturated carbocycles. The van der Waals surface area contributed by atoms with E-state index in [0.29, 0.717) is 116 Å². The molecule has 2 fully saturated rings. The predicted molar refractivity (Wildman–Crippen MR) is 267 cm³/mol. The van der Waals surface area contributed by atoms with Crippen molar-refractivity contribution < 1.29 is 48.2 Å². The molecule has 0 unspecified atom stereocenters. The smallest absolute Gasteiger partial charge is 0.259 e. The molecule has 4 atom stereocenters. The number of guanidine groups is 1. The molecular weight excluding hydrogens is 929 g/mol. The molecule has 0 spiro atoms. The summed E-state index contributed by atoms with van der Waals surface area (Å²) in [7, 11) is 3.09. The second-order valence-corrected chi connectivity index (χ2v) is 17.8. The summed E-state index contributed by atoms with van der Waals surface area (Å²) in [5.74, 6) is 3.13. The highest BCUT2D eigenvalue weighted by atomic mass is 16.5. The third-order valence-corrected chi connectivity index (χ3v) is 12.5. The number of pyridine rings is 2. The number of aliphatic hydroxyl groups is 2. The van der Waals surface area contributed by atoms with E-state index in [1.165, 1.54) is 6.20 Å². The van der Waals surface area contributed by atoms with Gasteiger partial charge < -0.3 is 49.3 Å². The number of benzene rings is 2. The highest BCUT2D eigenvalue weighted by Gasteiger charge is 2.36. The minimum Gasteiger partial charge on any atom is -0.491 e. The lowest BCUT2D eigenvalue weighted by Gasteiger charge is -2.36.